The predicted octanol–water partition coefficient (Wildman–Crippen LogP) is 3.13. The van der Waals surface area contributed by atoms with Crippen LogP contribution in [0.3, 0.4) is 0 Å². The number of benzene rings is 2. The van der Waals surface area contributed by atoms with Gasteiger partial charge in [-0.25, -0.2) is 9.97 Å². The van der Waals surface area contributed by atoms with Gasteiger partial charge >= 0.3 is 0 Å². The Kier molecular flexibility index (Phi) is 5.21. The monoisotopic (exact) mass is 375 g/mol. The average molecular weight is 375 g/mol. The highest BCUT2D eigenvalue weighted by molar-refractivity contribution is 6.07. The molecule has 1 amide bonds. The van der Waals surface area contributed by atoms with Crippen LogP contribution < -0.4 is 10.6 Å². The maximum absolute atomic E-state index is 12.0. The number of hydrogen-bond donors (Lipinski definition) is 1. The quantitative estimate of drug-likeness (QED) is 0.687. The van der Waals surface area contributed by atoms with Gasteiger partial charge in [-0.15, -0.1) is 0 Å². The number of nitrogens with zero attached hydrogens (tertiary/aromatic N) is 4. The van der Waals surface area contributed by atoms with Gasteiger partial charge in [-0.1, -0.05) is 31.2 Å². The molecule has 1 aliphatic heterocycles. The van der Waals surface area contributed by atoms with Gasteiger partial charge in [0, 0.05) is 30.6 Å². The number of primary amides is 1. The fourth-order valence-corrected chi connectivity index (χ4v) is 3.56. The lowest BCUT2D eigenvalue weighted by molar-refractivity contribution is 0.100. The van der Waals surface area contributed by atoms with Crippen LogP contribution in [0.1, 0.15) is 29.5 Å². The molecule has 1 saturated heterocycles. The first kappa shape index (κ1) is 18.4. The van der Waals surface area contributed by atoms with E-state index in [1.807, 2.05) is 37.3 Å². The topological polar surface area (TPSA) is 75.3 Å². The number of para-hydroxylation sites is 2. The summed E-state index contributed by atoms with van der Waals surface area (Å²) >= 11 is 0. The Balaban J connectivity index is 1.86. The fraction of sp³-hybridized carbons (Fsp3) is 0.318. The third-order valence-electron chi connectivity index (χ3n) is 5.25. The molecular formula is C22H25N5O. The van der Waals surface area contributed by atoms with Crippen molar-refractivity contribution < 1.29 is 4.79 Å². The van der Waals surface area contributed by atoms with Crippen molar-refractivity contribution in [1.29, 1.82) is 0 Å². The summed E-state index contributed by atoms with van der Waals surface area (Å²) in [6.07, 6.45) is 1.95. The molecule has 0 spiro atoms. The van der Waals surface area contributed by atoms with Crippen molar-refractivity contribution in [1.82, 2.24) is 14.9 Å². The highest BCUT2D eigenvalue weighted by atomic mass is 16.1. The van der Waals surface area contributed by atoms with Crippen molar-refractivity contribution in [2.24, 2.45) is 5.73 Å². The number of carbonyl (C=O) groups excluding carboxylic acids is 1. The van der Waals surface area contributed by atoms with Crippen LogP contribution >= 0.6 is 0 Å². The molecule has 2 heterocycles. The molecule has 2 aromatic carbocycles. The first-order chi connectivity index (χ1) is 13.7. The largest absolute Gasteiger partial charge is 0.366 e. The van der Waals surface area contributed by atoms with Gasteiger partial charge in [-0.3, -0.25) is 4.79 Å². The number of amides is 1. The number of carbonyl (C=O) groups is 1. The highest BCUT2D eigenvalue weighted by Crippen LogP contribution is 2.31. The van der Waals surface area contributed by atoms with E-state index in [2.05, 4.69) is 26.9 Å². The minimum Gasteiger partial charge on any atom is -0.366 e. The van der Waals surface area contributed by atoms with E-state index >= 15 is 0 Å². The Hall–Kier alpha value is -2.99. The zero-order valence-electron chi connectivity index (χ0n) is 16.1. The van der Waals surface area contributed by atoms with Crippen molar-refractivity contribution in [2.75, 3.05) is 31.1 Å². The molecule has 0 bridgehead atoms. The van der Waals surface area contributed by atoms with Crippen molar-refractivity contribution in [3.8, 4) is 0 Å². The first-order valence-corrected chi connectivity index (χ1v) is 9.81. The second-order valence-corrected chi connectivity index (χ2v) is 7.07. The molecule has 0 saturated carbocycles. The lowest BCUT2D eigenvalue weighted by Crippen LogP contribution is -2.42. The molecule has 6 heteroatoms. The molecule has 0 aliphatic carbocycles. The molecule has 6 nitrogen and oxygen atoms in total. The van der Waals surface area contributed by atoms with Crippen LogP contribution in [0.2, 0.25) is 0 Å². The second-order valence-electron chi connectivity index (χ2n) is 7.07. The maximum atomic E-state index is 12.0. The van der Waals surface area contributed by atoms with E-state index in [1.54, 1.807) is 6.07 Å². The number of rotatable bonds is 7. The summed E-state index contributed by atoms with van der Waals surface area (Å²) in [5.74, 6) is 1.07. The third-order valence-corrected chi connectivity index (χ3v) is 5.25. The standard InChI is InChI=1S/C22H25N5O/c1-2-19-24-20-17(21(23)28)10-6-11-18(20)22(25-19)27(15-14-26-12-7-13-26)16-8-4-3-5-9-16/h3-6,8-11H,2,7,12-15H2,1H3,(H2,23,28). The number of aromatic nitrogens is 2. The second kappa shape index (κ2) is 7.94. The normalized spacial score (nSPS) is 14.0. The third kappa shape index (κ3) is 3.55. The van der Waals surface area contributed by atoms with Crippen molar-refractivity contribution in [3.05, 3.63) is 59.9 Å². The number of aryl methyl sites for hydroxylation is 1. The molecule has 1 aliphatic rings. The number of anilines is 2. The molecule has 1 aromatic heterocycles. The van der Waals surface area contributed by atoms with Crippen molar-refractivity contribution in [3.63, 3.8) is 0 Å². The van der Waals surface area contributed by atoms with Crippen LogP contribution in [0.25, 0.3) is 10.9 Å². The molecule has 1 fully saturated rings. The molecule has 0 unspecified atom stereocenters. The van der Waals surface area contributed by atoms with Gasteiger partial charge in [0.15, 0.2) is 0 Å². The lowest BCUT2D eigenvalue weighted by atomic mass is 10.1. The molecule has 3 aromatic rings. The Morgan fingerprint density at radius 3 is 2.54 bits per heavy atom. The summed E-state index contributed by atoms with van der Waals surface area (Å²) in [5, 5.41) is 0.848. The Labute approximate surface area is 165 Å². The van der Waals surface area contributed by atoms with Crippen LogP contribution in [0.5, 0.6) is 0 Å². The Bertz CT molecular complexity index is 985. The number of likely N-dealkylation sites (tertiary alicyclic amines) is 1. The highest BCUT2D eigenvalue weighted by Gasteiger charge is 2.21. The average Bonchev–Trinajstić information content (AvgIpc) is 2.69. The maximum Gasteiger partial charge on any atom is 0.250 e. The molecule has 2 N–H and O–H groups in total. The molecule has 28 heavy (non-hydrogen) atoms. The van der Waals surface area contributed by atoms with Gasteiger partial charge < -0.3 is 15.5 Å². The predicted molar refractivity (Wildman–Crippen MR) is 112 cm³/mol. The number of hydrogen-bond acceptors (Lipinski definition) is 5. The van der Waals surface area contributed by atoms with E-state index in [4.69, 9.17) is 10.7 Å². The SMILES string of the molecule is CCc1nc(N(CCN2CCC2)c2ccccc2)c2cccc(C(N)=O)c2n1. The lowest BCUT2D eigenvalue weighted by Gasteiger charge is -2.34. The van der Waals surface area contributed by atoms with Gasteiger partial charge in [-0.05, 0) is 43.8 Å². The van der Waals surface area contributed by atoms with Gasteiger partial charge in [0.05, 0.1) is 11.1 Å². The van der Waals surface area contributed by atoms with Gasteiger partial charge in [0.25, 0.3) is 5.91 Å². The number of fused-ring (bicyclic) bond motifs is 1. The summed E-state index contributed by atoms with van der Waals surface area (Å²) in [4.78, 5) is 26.1. The summed E-state index contributed by atoms with van der Waals surface area (Å²) in [6, 6.07) is 15.8. The van der Waals surface area contributed by atoms with Crippen molar-refractivity contribution in [2.45, 2.75) is 19.8 Å². The minimum atomic E-state index is -0.468. The van der Waals surface area contributed by atoms with E-state index in [9.17, 15) is 4.79 Å². The van der Waals surface area contributed by atoms with Crippen LogP contribution in [0.15, 0.2) is 48.5 Å². The van der Waals surface area contributed by atoms with E-state index in [0.29, 0.717) is 23.3 Å². The minimum absolute atomic E-state index is 0.437. The molecular weight excluding hydrogens is 350 g/mol. The van der Waals surface area contributed by atoms with E-state index in [1.165, 1.54) is 6.42 Å². The smallest absolute Gasteiger partial charge is 0.250 e. The molecule has 144 valence electrons. The van der Waals surface area contributed by atoms with E-state index in [-0.39, 0.29) is 0 Å². The first-order valence-electron chi connectivity index (χ1n) is 9.81. The summed E-state index contributed by atoms with van der Waals surface area (Å²) < 4.78 is 0. The molecule has 0 radical (unpaired) electrons. The van der Waals surface area contributed by atoms with Gasteiger partial charge in [0.1, 0.15) is 11.6 Å². The van der Waals surface area contributed by atoms with Crippen LogP contribution in [-0.2, 0) is 6.42 Å². The van der Waals surface area contributed by atoms with Crippen molar-refractivity contribution >= 4 is 28.3 Å². The van der Waals surface area contributed by atoms with Gasteiger partial charge in [-0.2, -0.15) is 0 Å². The van der Waals surface area contributed by atoms with Crippen LogP contribution in [-0.4, -0.2) is 47.0 Å². The van der Waals surface area contributed by atoms with Crippen LogP contribution in [0, 0.1) is 0 Å². The molecule has 0 atom stereocenters. The summed E-state index contributed by atoms with van der Waals surface area (Å²) in [6.45, 7) is 6.11. The Morgan fingerprint density at radius 1 is 1.11 bits per heavy atom. The fourth-order valence-electron chi connectivity index (χ4n) is 3.56. The zero-order chi connectivity index (χ0) is 19.5. The van der Waals surface area contributed by atoms with E-state index in [0.717, 1.165) is 43.1 Å². The Morgan fingerprint density at radius 2 is 1.89 bits per heavy atom. The molecule has 4 rings (SSSR count). The zero-order valence-corrected chi connectivity index (χ0v) is 16.1. The van der Waals surface area contributed by atoms with Crippen LogP contribution in [0.4, 0.5) is 11.5 Å². The van der Waals surface area contributed by atoms with Gasteiger partial charge in [0.2, 0.25) is 0 Å². The summed E-state index contributed by atoms with van der Waals surface area (Å²) in [5.41, 5.74) is 7.75. The number of nitrogens with two attached hydrogens (primary N) is 1. The van der Waals surface area contributed by atoms with E-state index < -0.39 is 5.91 Å². The summed E-state index contributed by atoms with van der Waals surface area (Å²) in [7, 11) is 0.